The molecule has 6 heteroatoms. The quantitative estimate of drug-likeness (QED) is 0.843. The Kier molecular flexibility index (Phi) is 2.55. The summed E-state index contributed by atoms with van der Waals surface area (Å²) in [5.41, 5.74) is 0.519. The SMILES string of the molecule is O=C(O)c1n[nH]c2cc(CF)cc(CF)c12. The van der Waals surface area contributed by atoms with Gasteiger partial charge in [0.15, 0.2) is 5.69 Å². The van der Waals surface area contributed by atoms with Gasteiger partial charge in [-0.2, -0.15) is 5.10 Å². The van der Waals surface area contributed by atoms with Gasteiger partial charge in [0.2, 0.25) is 0 Å². The zero-order chi connectivity index (χ0) is 11.7. The Morgan fingerprint density at radius 2 is 2.12 bits per heavy atom. The van der Waals surface area contributed by atoms with E-state index in [1.165, 1.54) is 12.1 Å². The molecule has 0 saturated heterocycles. The lowest BCUT2D eigenvalue weighted by Gasteiger charge is -2.01. The fourth-order valence-electron chi connectivity index (χ4n) is 1.65. The second kappa shape index (κ2) is 3.88. The third kappa shape index (κ3) is 1.52. The van der Waals surface area contributed by atoms with Crippen molar-refractivity contribution in [3.05, 3.63) is 29.0 Å². The van der Waals surface area contributed by atoms with Gasteiger partial charge < -0.3 is 5.11 Å². The van der Waals surface area contributed by atoms with Gasteiger partial charge >= 0.3 is 5.97 Å². The van der Waals surface area contributed by atoms with E-state index < -0.39 is 19.3 Å². The smallest absolute Gasteiger partial charge is 0.357 e. The number of aromatic amines is 1. The molecular weight excluding hydrogens is 218 g/mol. The molecule has 2 N–H and O–H groups in total. The highest BCUT2D eigenvalue weighted by Crippen LogP contribution is 2.24. The summed E-state index contributed by atoms with van der Waals surface area (Å²) in [6.07, 6.45) is 0. The van der Waals surface area contributed by atoms with Gasteiger partial charge in [-0.3, -0.25) is 5.10 Å². The summed E-state index contributed by atoms with van der Waals surface area (Å²) in [6.45, 7) is -1.59. The van der Waals surface area contributed by atoms with Gasteiger partial charge in [-0.15, -0.1) is 0 Å². The summed E-state index contributed by atoms with van der Waals surface area (Å²) < 4.78 is 25.2. The summed E-state index contributed by atoms with van der Waals surface area (Å²) in [7, 11) is 0. The number of carboxylic acid groups (broad SMARTS) is 1. The van der Waals surface area contributed by atoms with Gasteiger partial charge in [-0.05, 0) is 23.3 Å². The second-order valence-electron chi connectivity index (χ2n) is 3.32. The predicted molar refractivity (Wildman–Crippen MR) is 52.7 cm³/mol. The molecule has 0 atom stereocenters. The van der Waals surface area contributed by atoms with E-state index >= 15 is 0 Å². The van der Waals surface area contributed by atoms with Gasteiger partial charge in [-0.1, -0.05) is 0 Å². The molecule has 84 valence electrons. The molecule has 0 unspecified atom stereocenters. The van der Waals surface area contributed by atoms with E-state index in [9.17, 15) is 13.6 Å². The van der Waals surface area contributed by atoms with Crippen LogP contribution in [0.5, 0.6) is 0 Å². The Balaban J connectivity index is 2.77. The summed E-state index contributed by atoms with van der Waals surface area (Å²) in [4.78, 5) is 10.8. The number of halogens is 2. The molecule has 0 amide bonds. The first-order chi connectivity index (χ1) is 7.67. The Hall–Kier alpha value is -1.98. The average Bonchev–Trinajstić information content (AvgIpc) is 2.71. The number of nitrogens with zero attached hydrogens (tertiary/aromatic N) is 1. The fraction of sp³-hybridized carbons (Fsp3) is 0.200. The molecule has 0 aliphatic heterocycles. The number of nitrogens with one attached hydrogen (secondary N) is 1. The van der Waals surface area contributed by atoms with Gasteiger partial charge in [-0.25, -0.2) is 13.6 Å². The largest absolute Gasteiger partial charge is 0.476 e. The van der Waals surface area contributed by atoms with Gasteiger partial charge in [0.1, 0.15) is 13.3 Å². The van der Waals surface area contributed by atoms with Crippen LogP contribution in [0.15, 0.2) is 12.1 Å². The molecule has 4 nitrogen and oxygen atoms in total. The fourth-order valence-corrected chi connectivity index (χ4v) is 1.65. The van der Waals surface area contributed by atoms with Crippen LogP contribution < -0.4 is 0 Å². The van der Waals surface area contributed by atoms with Crippen molar-refractivity contribution in [3.63, 3.8) is 0 Å². The zero-order valence-electron chi connectivity index (χ0n) is 8.13. The average molecular weight is 226 g/mol. The summed E-state index contributed by atoms with van der Waals surface area (Å²) >= 11 is 0. The first-order valence-corrected chi connectivity index (χ1v) is 4.52. The minimum absolute atomic E-state index is 0.135. The highest BCUT2D eigenvalue weighted by molar-refractivity contribution is 6.02. The molecule has 0 spiro atoms. The molecule has 16 heavy (non-hydrogen) atoms. The van der Waals surface area contributed by atoms with E-state index in [2.05, 4.69) is 10.2 Å². The third-order valence-electron chi connectivity index (χ3n) is 2.31. The number of benzene rings is 1. The van der Waals surface area contributed by atoms with Crippen LogP contribution in [-0.2, 0) is 13.3 Å². The number of alkyl halides is 2. The molecule has 0 bridgehead atoms. The van der Waals surface area contributed by atoms with Gasteiger partial charge in [0.05, 0.1) is 5.52 Å². The van der Waals surface area contributed by atoms with Gasteiger partial charge in [0.25, 0.3) is 0 Å². The maximum absolute atomic E-state index is 12.7. The molecule has 0 aliphatic carbocycles. The van der Waals surface area contributed by atoms with Crippen molar-refractivity contribution in [2.24, 2.45) is 0 Å². The van der Waals surface area contributed by atoms with Crippen LogP contribution in [0.2, 0.25) is 0 Å². The predicted octanol–water partition coefficient (Wildman–Crippen LogP) is 2.20. The van der Waals surface area contributed by atoms with Crippen molar-refractivity contribution in [3.8, 4) is 0 Å². The van der Waals surface area contributed by atoms with Crippen LogP contribution in [0.4, 0.5) is 8.78 Å². The molecule has 1 heterocycles. The molecule has 0 saturated carbocycles. The molecule has 2 aromatic rings. The molecule has 0 aliphatic rings. The number of carbonyl (C=O) groups is 1. The normalized spacial score (nSPS) is 10.9. The lowest BCUT2D eigenvalue weighted by Crippen LogP contribution is -1.98. The van der Waals surface area contributed by atoms with E-state index in [-0.39, 0.29) is 16.6 Å². The van der Waals surface area contributed by atoms with Crippen molar-refractivity contribution in [2.45, 2.75) is 13.3 Å². The number of hydrogen-bond acceptors (Lipinski definition) is 2. The first kappa shape index (κ1) is 10.5. The Morgan fingerprint density at radius 1 is 1.38 bits per heavy atom. The molecule has 2 rings (SSSR count). The van der Waals surface area contributed by atoms with E-state index in [1.54, 1.807) is 0 Å². The third-order valence-corrected chi connectivity index (χ3v) is 2.31. The molecular formula is C10H8F2N2O2. The van der Waals surface area contributed by atoms with Crippen molar-refractivity contribution in [1.82, 2.24) is 10.2 Å². The van der Waals surface area contributed by atoms with Crippen LogP contribution in [0.1, 0.15) is 21.6 Å². The standard InChI is InChI=1S/C10H8F2N2O2/c11-3-5-1-6(4-12)8-7(2-5)13-14-9(8)10(15)16/h1-2H,3-4H2,(H,13,14)(H,15,16). The van der Waals surface area contributed by atoms with E-state index in [0.29, 0.717) is 11.1 Å². The number of H-pyrrole nitrogens is 1. The zero-order valence-corrected chi connectivity index (χ0v) is 8.13. The Labute approximate surface area is 88.9 Å². The maximum atomic E-state index is 12.7. The minimum Gasteiger partial charge on any atom is -0.476 e. The van der Waals surface area contributed by atoms with Crippen LogP contribution >= 0.6 is 0 Å². The summed E-state index contributed by atoms with van der Waals surface area (Å²) in [5, 5.41) is 15.1. The van der Waals surface area contributed by atoms with Crippen LogP contribution in [-0.4, -0.2) is 21.3 Å². The van der Waals surface area contributed by atoms with Crippen molar-refractivity contribution in [2.75, 3.05) is 0 Å². The first-order valence-electron chi connectivity index (χ1n) is 4.52. The monoisotopic (exact) mass is 226 g/mol. The van der Waals surface area contributed by atoms with Crippen molar-refractivity contribution in [1.29, 1.82) is 0 Å². The lowest BCUT2D eigenvalue weighted by atomic mass is 10.1. The van der Waals surface area contributed by atoms with Crippen LogP contribution in [0.3, 0.4) is 0 Å². The van der Waals surface area contributed by atoms with E-state index in [0.717, 1.165) is 0 Å². The number of hydrogen-bond donors (Lipinski definition) is 2. The van der Waals surface area contributed by atoms with Crippen molar-refractivity contribution < 1.29 is 18.7 Å². The highest BCUT2D eigenvalue weighted by Gasteiger charge is 2.17. The van der Waals surface area contributed by atoms with Crippen molar-refractivity contribution >= 4 is 16.9 Å². The number of aromatic carboxylic acids is 1. The molecule has 1 aromatic heterocycles. The summed E-state index contributed by atoms with van der Waals surface area (Å²) in [5.74, 6) is -1.24. The van der Waals surface area contributed by atoms with Gasteiger partial charge in [0, 0.05) is 5.39 Å². The number of rotatable bonds is 3. The molecule has 0 fully saturated rings. The highest BCUT2D eigenvalue weighted by atomic mass is 19.1. The number of fused-ring (bicyclic) bond motifs is 1. The second-order valence-corrected chi connectivity index (χ2v) is 3.32. The molecule has 1 aromatic carbocycles. The topological polar surface area (TPSA) is 66.0 Å². The van der Waals surface area contributed by atoms with Crippen LogP contribution in [0.25, 0.3) is 10.9 Å². The van der Waals surface area contributed by atoms with E-state index in [1.807, 2.05) is 0 Å². The molecule has 0 radical (unpaired) electrons. The lowest BCUT2D eigenvalue weighted by molar-refractivity contribution is 0.0692. The minimum atomic E-state index is -1.24. The number of aromatic nitrogens is 2. The maximum Gasteiger partial charge on any atom is 0.357 e. The Bertz CT molecular complexity index is 551. The summed E-state index contributed by atoms with van der Waals surface area (Å²) in [6, 6.07) is 2.73. The Morgan fingerprint density at radius 3 is 2.69 bits per heavy atom. The van der Waals surface area contributed by atoms with E-state index in [4.69, 9.17) is 5.11 Å². The van der Waals surface area contributed by atoms with Crippen LogP contribution in [0, 0.1) is 0 Å². The number of carboxylic acids is 1.